The van der Waals surface area contributed by atoms with Gasteiger partial charge in [0.15, 0.2) is 22.3 Å². The van der Waals surface area contributed by atoms with Crippen molar-refractivity contribution in [1.82, 2.24) is 10.2 Å². The van der Waals surface area contributed by atoms with E-state index in [1.807, 2.05) is 11.4 Å². The van der Waals surface area contributed by atoms with Crippen LogP contribution in [0.2, 0.25) is 0 Å². The van der Waals surface area contributed by atoms with Crippen LogP contribution in [0.15, 0.2) is 29.6 Å². The molecule has 1 fully saturated rings. The van der Waals surface area contributed by atoms with Gasteiger partial charge in [-0.1, -0.05) is 17.4 Å². The van der Waals surface area contributed by atoms with Crippen LogP contribution in [-0.4, -0.2) is 48.9 Å². The number of carbonyl (C=O) groups excluding carboxylic acids is 1. The van der Waals surface area contributed by atoms with Crippen LogP contribution in [0.5, 0.6) is 17.2 Å². The van der Waals surface area contributed by atoms with Gasteiger partial charge >= 0.3 is 0 Å². The number of Topliss-reactive ketones (excluding diaryl/α,β-unsaturated/α-hetero) is 1. The second-order valence-corrected chi connectivity index (χ2v) is 9.32. The molecule has 156 valence electrons. The average molecular weight is 444 g/mol. The van der Waals surface area contributed by atoms with Crippen molar-refractivity contribution >= 4 is 33.6 Å². The van der Waals surface area contributed by atoms with Gasteiger partial charge in [-0.05, 0) is 23.6 Å². The zero-order valence-electron chi connectivity index (χ0n) is 16.7. The molecule has 4 heterocycles. The Morgan fingerprint density at radius 2 is 1.97 bits per heavy atom. The molecule has 0 unspecified atom stereocenters. The Kier molecular flexibility index (Phi) is 4.86. The molecule has 9 heteroatoms. The molecule has 7 nitrogen and oxygen atoms in total. The van der Waals surface area contributed by atoms with Gasteiger partial charge in [0.05, 0.1) is 31.1 Å². The van der Waals surface area contributed by atoms with Gasteiger partial charge in [-0.25, -0.2) is 0 Å². The number of fused-ring (bicyclic) bond motifs is 1. The monoisotopic (exact) mass is 443 g/mol. The lowest BCUT2D eigenvalue weighted by Gasteiger charge is -2.44. The largest absolute Gasteiger partial charge is 0.493 e. The molecule has 1 aromatic carbocycles. The SMILES string of the molecule is COc1ccc2c(c1OC)OC1(CCN(c3nnc(-c4cccs4)s3)CC1)CC2=O. The fourth-order valence-electron chi connectivity index (χ4n) is 4.09. The van der Waals surface area contributed by atoms with Crippen molar-refractivity contribution in [2.45, 2.75) is 24.9 Å². The van der Waals surface area contributed by atoms with E-state index in [0.717, 1.165) is 40.9 Å². The number of thiophene rings is 1. The summed E-state index contributed by atoms with van der Waals surface area (Å²) in [6.45, 7) is 1.52. The number of benzene rings is 1. The minimum Gasteiger partial charge on any atom is -0.493 e. The zero-order valence-corrected chi connectivity index (χ0v) is 18.3. The molecule has 2 aliphatic heterocycles. The number of nitrogens with zero attached hydrogens (tertiary/aromatic N) is 3. The molecule has 0 amide bonds. The number of carbonyl (C=O) groups is 1. The summed E-state index contributed by atoms with van der Waals surface area (Å²) in [5.41, 5.74) is 0.0343. The van der Waals surface area contributed by atoms with Crippen LogP contribution < -0.4 is 19.1 Å². The maximum Gasteiger partial charge on any atom is 0.208 e. The quantitative estimate of drug-likeness (QED) is 0.596. The van der Waals surface area contributed by atoms with Crippen LogP contribution in [-0.2, 0) is 0 Å². The van der Waals surface area contributed by atoms with Crippen molar-refractivity contribution in [3.05, 3.63) is 35.2 Å². The van der Waals surface area contributed by atoms with Gasteiger partial charge in [0.1, 0.15) is 5.60 Å². The standard InChI is InChI=1S/C21H21N3O4S2/c1-26-15-6-5-13-14(25)12-21(28-17(13)18(15)27-2)7-9-24(10-8-21)20-23-22-19(30-20)16-4-3-11-29-16/h3-6,11H,7-10,12H2,1-2H3. The Balaban J connectivity index is 1.36. The molecule has 0 N–H and O–H groups in total. The van der Waals surface area contributed by atoms with E-state index in [1.54, 1.807) is 49.0 Å². The van der Waals surface area contributed by atoms with Crippen molar-refractivity contribution in [2.24, 2.45) is 0 Å². The predicted molar refractivity (Wildman–Crippen MR) is 117 cm³/mol. The Morgan fingerprint density at radius 3 is 2.67 bits per heavy atom. The van der Waals surface area contributed by atoms with Crippen LogP contribution in [0, 0.1) is 0 Å². The lowest BCUT2D eigenvalue weighted by atomic mass is 9.82. The summed E-state index contributed by atoms with van der Waals surface area (Å²) in [7, 11) is 3.14. The molecule has 0 saturated carbocycles. The molecule has 0 radical (unpaired) electrons. The second-order valence-electron chi connectivity index (χ2n) is 7.42. The van der Waals surface area contributed by atoms with Crippen molar-refractivity contribution in [2.75, 3.05) is 32.2 Å². The number of methoxy groups -OCH3 is 2. The van der Waals surface area contributed by atoms with Crippen molar-refractivity contribution < 1.29 is 19.0 Å². The molecule has 2 aliphatic rings. The van der Waals surface area contributed by atoms with Crippen LogP contribution in [0.4, 0.5) is 5.13 Å². The maximum atomic E-state index is 12.9. The number of rotatable bonds is 4. The molecule has 2 aromatic heterocycles. The average Bonchev–Trinajstić information content (AvgIpc) is 3.45. The summed E-state index contributed by atoms with van der Waals surface area (Å²) in [6, 6.07) is 7.58. The topological polar surface area (TPSA) is 73.8 Å². The van der Waals surface area contributed by atoms with E-state index >= 15 is 0 Å². The molecule has 1 saturated heterocycles. The minimum absolute atomic E-state index is 0.0848. The summed E-state index contributed by atoms with van der Waals surface area (Å²) in [5.74, 6) is 1.63. The van der Waals surface area contributed by atoms with Crippen LogP contribution in [0.3, 0.4) is 0 Å². The third-order valence-electron chi connectivity index (χ3n) is 5.69. The van der Waals surface area contributed by atoms with Crippen molar-refractivity contribution in [3.8, 4) is 27.1 Å². The Hall–Kier alpha value is -2.65. The van der Waals surface area contributed by atoms with E-state index in [4.69, 9.17) is 14.2 Å². The first kappa shape index (κ1) is 19.3. The van der Waals surface area contributed by atoms with Gasteiger partial charge in [0, 0.05) is 25.9 Å². The maximum absolute atomic E-state index is 12.9. The van der Waals surface area contributed by atoms with Gasteiger partial charge < -0.3 is 19.1 Å². The van der Waals surface area contributed by atoms with E-state index in [-0.39, 0.29) is 5.78 Å². The van der Waals surface area contributed by atoms with Gasteiger partial charge in [-0.15, -0.1) is 21.5 Å². The number of hydrogen-bond acceptors (Lipinski definition) is 9. The van der Waals surface area contributed by atoms with Gasteiger partial charge in [-0.3, -0.25) is 4.79 Å². The van der Waals surface area contributed by atoms with E-state index in [1.165, 1.54) is 0 Å². The Bertz CT molecular complexity index is 1070. The third kappa shape index (κ3) is 3.22. The number of ketones is 1. The number of hydrogen-bond donors (Lipinski definition) is 0. The van der Waals surface area contributed by atoms with E-state index < -0.39 is 5.60 Å². The highest BCUT2D eigenvalue weighted by Crippen LogP contribution is 2.48. The molecule has 1 spiro atoms. The fourth-order valence-corrected chi connectivity index (χ4v) is 5.78. The Morgan fingerprint density at radius 1 is 1.13 bits per heavy atom. The van der Waals surface area contributed by atoms with Gasteiger partial charge in [0.2, 0.25) is 10.9 Å². The zero-order chi connectivity index (χ0) is 20.7. The summed E-state index contributed by atoms with van der Waals surface area (Å²) < 4.78 is 17.4. The number of piperidine rings is 1. The summed E-state index contributed by atoms with van der Waals surface area (Å²) in [6.07, 6.45) is 1.83. The molecule has 5 rings (SSSR count). The normalized spacial score (nSPS) is 17.5. The number of ether oxygens (including phenoxy) is 3. The highest BCUT2D eigenvalue weighted by Gasteiger charge is 2.45. The first-order valence-corrected chi connectivity index (χ1v) is 11.4. The lowest BCUT2D eigenvalue weighted by Crippen LogP contribution is -2.51. The van der Waals surface area contributed by atoms with Gasteiger partial charge in [-0.2, -0.15) is 0 Å². The molecule has 3 aromatic rings. The van der Waals surface area contributed by atoms with E-state index in [9.17, 15) is 4.79 Å². The van der Waals surface area contributed by atoms with Crippen molar-refractivity contribution in [1.29, 1.82) is 0 Å². The molecular formula is C21H21N3O4S2. The van der Waals surface area contributed by atoms with Gasteiger partial charge in [0.25, 0.3) is 0 Å². The second kappa shape index (κ2) is 7.55. The highest BCUT2D eigenvalue weighted by molar-refractivity contribution is 7.22. The first-order chi connectivity index (χ1) is 14.6. The van der Waals surface area contributed by atoms with E-state index in [0.29, 0.717) is 29.2 Å². The molecule has 30 heavy (non-hydrogen) atoms. The smallest absolute Gasteiger partial charge is 0.208 e. The van der Waals surface area contributed by atoms with Crippen LogP contribution in [0.25, 0.3) is 9.88 Å². The van der Waals surface area contributed by atoms with Crippen LogP contribution in [0.1, 0.15) is 29.6 Å². The predicted octanol–water partition coefficient (Wildman–Crippen LogP) is 4.29. The molecule has 0 aliphatic carbocycles. The summed E-state index contributed by atoms with van der Waals surface area (Å²) in [4.78, 5) is 16.3. The molecular weight excluding hydrogens is 422 g/mol. The number of anilines is 1. The fraction of sp³-hybridized carbons (Fsp3) is 0.381. The first-order valence-electron chi connectivity index (χ1n) is 9.72. The lowest BCUT2D eigenvalue weighted by molar-refractivity contribution is 0.0208. The molecule has 0 atom stereocenters. The highest BCUT2D eigenvalue weighted by atomic mass is 32.1. The van der Waals surface area contributed by atoms with E-state index in [2.05, 4.69) is 21.2 Å². The minimum atomic E-state index is -0.526. The third-order valence-corrected chi connectivity index (χ3v) is 7.72. The summed E-state index contributed by atoms with van der Waals surface area (Å²) >= 11 is 3.27. The van der Waals surface area contributed by atoms with Crippen molar-refractivity contribution in [3.63, 3.8) is 0 Å². The molecule has 0 bridgehead atoms. The van der Waals surface area contributed by atoms with Crippen LogP contribution >= 0.6 is 22.7 Å². The Labute approximate surface area is 182 Å². The number of aromatic nitrogens is 2. The summed E-state index contributed by atoms with van der Waals surface area (Å²) in [5, 5.41) is 12.6.